The van der Waals surface area contributed by atoms with Crippen LogP contribution in [0.1, 0.15) is 88.5 Å². The van der Waals surface area contributed by atoms with E-state index in [1.165, 1.54) is 49.7 Å². The topological polar surface area (TPSA) is 22.9 Å². The third-order valence-electron chi connectivity index (χ3n) is 10.9. The molecule has 0 amide bonds. The number of para-hydroxylation sites is 2. The molecular formula is C43H43N3O. The van der Waals surface area contributed by atoms with E-state index in [0.717, 1.165) is 16.9 Å². The highest BCUT2D eigenvalue weighted by molar-refractivity contribution is 6.00. The van der Waals surface area contributed by atoms with Gasteiger partial charge in [0, 0.05) is 34.2 Å². The molecule has 0 bridgehead atoms. The van der Waals surface area contributed by atoms with Crippen LogP contribution in [-0.2, 0) is 11.2 Å². The van der Waals surface area contributed by atoms with Gasteiger partial charge in [-0.1, -0.05) is 112 Å². The van der Waals surface area contributed by atoms with E-state index in [0.29, 0.717) is 0 Å². The summed E-state index contributed by atoms with van der Waals surface area (Å²) in [6.07, 6.45) is 0.124. The molecule has 0 radical (unpaired) electrons. The van der Waals surface area contributed by atoms with Gasteiger partial charge in [0.25, 0.3) is 0 Å². The van der Waals surface area contributed by atoms with E-state index in [1.54, 1.807) is 0 Å². The van der Waals surface area contributed by atoms with E-state index in [4.69, 9.17) is 4.42 Å². The third kappa shape index (κ3) is 3.61. The summed E-state index contributed by atoms with van der Waals surface area (Å²) in [5.74, 6) is 0.466. The van der Waals surface area contributed by atoms with Crippen LogP contribution in [0.4, 0.5) is 5.69 Å². The number of hydrogen-bond donors (Lipinski definition) is 0. The fraction of sp³-hybridized carbons (Fsp3) is 0.302. The highest BCUT2D eigenvalue weighted by Gasteiger charge is 2.71. The summed E-state index contributed by atoms with van der Waals surface area (Å²) in [6.45, 7) is 16.6. The quantitative estimate of drug-likeness (QED) is 0.197. The minimum absolute atomic E-state index is 0.0246. The van der Waals surface area contributed by atoms with Crippen molar-refractivity contribution in [3.8, 4) is 11.3 Å². The van der Waals surface area contributed by atoms with Crippen LogP contribution < -0.4 is 4.90 Å². The molecule has 0 N–H and O–H groups in total. The van der Waals surface area contributed by atoms with Crippen molar-refractivity contribution >= 4 is 27.4 Å². The maximum Gasteiger partial charge on any atom is 0.183 e. The standard InChI is InChI=1S/C43H43N3O/c1-26(2)44-41(28-17-9-8-10-18-28)45(27(3)4)43(44)38-30-20-12-11-19-29(30)34(42(5,6)7)25-33(38)39-37-32-22-14-16-24-36(32)47-40(37)31-21-13-15-23-35(31)46(39)43/h8-27,39,41H,1-7H3. The number of benzene rings is 5. The van der Waals surface area contributed by atoms with Crippen molar-refractivity contribution in [2.45, 2.75) is 84.0 Å². The lowest BCUT2D eigenvalue weighted by Gasteiger charge is -2.71. The van der Waals surface area contributed by atoms with Crippen LogP contribution >= 0.6 is 0 Å². The molecule has 4 heterocycles. The second-order valence-corrected chi connectivity index (χ2v) is 15.2. The molecule has 1 unspecified atom stereocenters. The number of hydrogen-bond acceptors (Lipinski definition) is 4. The number of fused-ring (bicyclic) bond motifs is 14. The summed E-state index contributed by atoms with van der Waals surface area (Å²) in [5.41, 5.74) is 10.1. The fourth-order valence-corrected chi connectivity index (χ4v) is 9.34. The number of anilines is 1. The number of rotatable bonds is 3. The third-order valence-corrected chi connectivity index (χ3v) is 10.9. The zero-order valence-corrected chi connectivity index (χ0v) is 28.5. The highest BCUT2D eigenvalue weighted by atomic mass is 16.3. The summed E-state index contributed by atoms with van der Waals surface area (Å²) in [5, 5.41) is 3.89. The van der Waals surface area contributed by atoms with Crippen LogP contribution in [0.5, 0.6) is 0 Å². The second-order valence-electron chi connectivity index (χ2n) is 15.2. The van der Waals surface area contributed by atoms with E-state index in [1.807, 2.05) is 0 Å². The van der Waals surface area contributed by atoms with Crippen LogP contribution in [0.3, 0.4) is 0 Å². The molecule has 1 aromatic heterocycles. The summed E-state index contributed by atoms with van der Waals surface area (Å²) >= 11 is 0. The smallest absolute Gasteiger partial charge is 0.183 e. The van der Waals surface area contributed by atoms with Crippen molar-refractivity contribution in [1.29, 1.82) is 0 Å². The Kier molecular flexibility index (Phi) is 6.02. The van der Waals surface area contributed by atoms with Crippen LogP contribution in [0.2, 0.25) is 0 Å². The molecule has 3 aliphatic heterocycles. The normalized spacial score (nSPS) is 22.2. The molecule has 0 saturated carbocycles. The van der Waals surface area contributed by atoms with Gasteiger partial charge in [0.15, 0.2) is 5.79 Å². The van der Waals surface area contributed by atoms with Crippen LogP contribution in [-0.4, -0.2) is 21.9 Å². The van der Waals surface area contributed by atoms with Crippen molar-refractivity contribution in [2.75, 3.05) is 4.90 Å². The summed E-state index contributed by atoms with van der Waals surface area (Å²) in [6, 6.07) is 40.9. The maximum atomic E-state index is 6.83. The first-order valence-electron chi connectivity index (χ1n) is 17.2. The van der Waals surface area contributed by atoms with Gasteiger partial charge in [0.2, 0.25) is 0 Å². The van der Waals surface area contributed by atoms with Gasteiger partial charge in [0.05, 0.1) is 17.9 Å². The SMILES string of the molecule is CC(C)N1C(c2ccccc2)N(C(C)C)C12c1c(cc(C(C)(C)C)c3ccccc13)C1c3c(oc4ccccc34)-c3ccccc3N12. The van der Waals surface area contributed by atoms with Crippen LogP contribution in [0.15, 0.2) is 114 Å². The first-order valence-corrected chi connectivity index (χ1v) is 17.2. The maximum absolute atomic E-state index is 6.83. The van der Waals surface area contributed by atoms with E-state index < -0.39 is 5.79 Å². The van der Waals surface area contributed by atoms with Gasteiger partial charge in [-0.15, -0.1) is 0 Å². The molecule has 1 spiro atoms. The Morgan fingerprint density at radius 1 is 0.681 bits per heavy atom. The van der Waals surface area contributed by atoms with Crippen molar-refractivity contribution in [3.63, 3.8) is 0 Å². The number of furan rings is 1. The zero-order chi connectivity index (χ0) is 32.4. The molecule has 1 fully saturated rings. The minimum Gasteiger partial charge on any atom is -0.456 e. The first-order chi connectivity index (χ1) is 22.7. The largest absolute Gasteiger partial charge is 0.456 e. The molecule has 9 rings (SSSR count). The lowest BCUT2D eigenvalue weighted by Crippen LogP contribution is -2.80. The van der Waals surface area contributed by atoms with Gasteiger partial charge in [-0.05, 0) is 78.8 Å². The molecule has 1 saturated heterocycles. The summed E-state index contributed by atoms with van der Waals surface area (Å²) in [7, 11) is 0. The van der Waals surface area contributed by atoms with Crippen molar-refractivity contribution < 1.29 is 4.42 Å². The van der Waals surface area contributed by atoms with Crippen molar-refractivity contribution in [1.82, 2.24) is 9.80 Å². The minimum atomic E-state index is -0.537. The molecule has 4 heteroatoms. The first kappa shape index (κ1) is 28.8. The van der Waals surface area contributed by atoms with E-state index in [-0.39, 0.29) is 29.7 Å². The molecule has 0 aliphatic carbocycles. The molecule has 5 aromatic carbocycles. The Hall–Kier alpha value is -4.38. The Labute approximate surface area is 278 Å². The van der Waals surface area contributed by atoms with Gasteiger partial charge in [0.1, 0.15) is 11.3 Å². The molecule has 47 heavy (non-hydrogen) atoms. The fourth-order valence-electron chi connectivity index (χ4n) is 9.34. The highest BCUT2D eigenvalue weighted by Crippen LogP contribution is 2.69. The zero-order valence-electron chi connectivity index (χ0n) is 28.5. The molecule has 236 valence electrons. The lowest BCUT2D eigenvalue weighted by atomic mass is 9.78. The van der Waals surface area contributed by atoms with Gasteiger partial charge >= 0.3 is 0 Å². The Bertz CT molecular complexity index is 2170. The summed E-state index contributed by atoms with van der Waals surface area (Å²) in [4.78, 5) is 8.39. The second kappa shape index (κ2) is 9.82. The Balaban J connectivity index is 1.48. The lowest BCUT2D eigenvalue weighted by molar-refractivity contribution is -0.286. The van der Waals surface area contributed by atoms with Gasteiger partial charge in [-0.2, -0.15) is 0 Å². The molecule has 1 atom stereocenters. The summed E-state index contributed by atoms with van der Waals surface area (Å²) < 4.78 is 6.83. The Morgan fingerprint density at radius 2 is 1.28 bits per heavy atom. The average molecular weight is 618 g/mol. The van der Waals surface area contributed by atoms with E-state index in [2.05, 4.69) is 172 Å². The predicted molar refractivity (Wildman–Crippen MR) is 193 cm³/mol. The average Bonchev–Trinajstić information content (AvgIpc) is 3.58. The van der Waals surface area contributed by atoms with Crippen LogP contribution in [0, 0.1) is 0 Å². The van der Waals surface area contributed by atoms with E-state index in [9.17, 15) is 0 Å². The van der Waals surface area contributed by atoms with Gasteiger partial charge < -0.3 is 9.32 Å². The molecular weight excluding hydrogens is 574 g/mol. The van der Waals surface area contributed by atoms with Crippen molar-refractivity contribution in [2.24, 2.45) is 0 Å². The predicted octanol–water partition coefficient (Wildman–Crippen LogP) is 10.7. The van der Waals surface area contributed by atoms with E-state index >= 15 is 0 Å². The number of nitrogens with zero attached hydrogens (tertiary/aromatic N) is 3. The van der Waals surface area contributed by atoms with Crippen LogP contribution in [0.25, 0.3) is 33.1 Å². The molecule has 4 nitrogen and oxygen atoms in total. The Morgan fingerprint density at radius 3 is 1.96 bits per heavy atom. The molecule has 6 aromatic rings. The van der Waals surface area contributed by atoms with Crippen molar-refractivity contribution in [3.05, 3.63) is 137 Å². The monoisotopic (exact) mass is 617 g/mol. The van der Waals surface area contributed by atoms with Gasteiger partial charge in [-0.3, -0.25) is 0 Å². The molecule has 3 aliphatic rings. The van der Waals surface area contributed by atoms with Gasteiger partial charge in [-0.25, -0.2) is 9.80 Å².